The Labute approximate surface area is 164 Å². The van der Waals surface area contributed by atoms with Gasteiger partial charge < -0.3 is 4.74 Å². The fourth-order valence-electron chi connectivity index (χ4n) is 2.62. The van der Waals surface area contributed by atoms with Crippen molar-refractivity contribution in [1.29, 1.82) is 0 Å². The Kier molecular flexibility index (Phi) is 5.91. The topological polar surface area (TPSA) is 63.7 Å². The molecule has 0 amide bonds. The second-order valence-electron chi connectivity index (χ2n) is 5.89. The highest BCUT2D eigenvalue weighted by Crippen LogP contribution is 2.24. The number of ether oxygens (including phenoxy) is 1. The van der Waals surface area contributed by atoms with Crippen LogP contribution in [0.2, 0.25) is 0 Å². The first-order chi connectivity index (χ1) is 13.5. The van der Waals surface area contributed by atoms with Crippen LogP contribution in [0.1, 0.15) is 10.4 Å². The molecule has 0 atom stereocenters. The van der Waals surface area contributed by atoms with Gasteiger partial charge in [-0.3, -0.25) is 4.31 Å². The number of rotatable bonds is 7. The lowest BCUT2D eigenvalue weighted by atomic mass is 10.2. The molecule has 0 unspecified atom stereocenters. The third-order valence-corrected chi connectivity index (χ3v) is 5.74. The number of nitrogens with zero attached hydrogens (tertiary/aromatic N) is 1. The van der Waals surface area contributed by atoms with Crippen molar-refractivity contribution in [1.82, 2.24) is 0 Å². The standard InChI is InChI=1S/C22H19NO4S/c1-2-16-23(19-11-5-3-6-12-19)28(25,26)21-15-9-10-18(17-21)22(24)27-20-13-7-4-8-14-20/h2-15,17H,1,16H2. The van der Waals surface area contributed by atoms with Crippen LogP contribution in [0.15, 0.2) is 102 Å². The molecular weight excluding hydrogens is 374 g/mol. The van der Waals surface area contributed by atoms with E-state index in [2.05, 4.69) is 6.58 Å². The minimum Gasteiger partial charge on any atom is -0.423 e. The molecule has 142 valence electrons. The summed E-state index contributed by atoms with van der Waals surface area (Å²) in [4.78, 5) is 12.4. The average molecular weight is 393 g/mol. The van der Waals surface area contributed by atoms with Gasteiger partial charge in [0.1, 0.15) is 5.75 Å². The number of benzene rings is 3. The van der Waals surface area contributed by atoms with Crippen molar-refractivity contribution in [2.45, 2.75) is 4.90 Å². The molecule has 3 aromatic carbocycles. The highest BCUT2D eigenvalue weighted by molar-refractivity contribution is 7.92. The van der Waals surface area contributed by atoms with E-state index in [1.165, 1.54) is 34.6 Å². The van der Waals surface area contributed by atoms with Crippen LogP contribution in [0.4, 0.5) is 5.69 Å². The molecule has 0 saturated heterocycles. The zero-order valence-electron chi connectivity index (χ0n) is 15.1. The summed E-state index contributed by atoms with van der Waals surface area (Å²) in [6, 6.07) is 23.1. The van der Waals surface area contributed by atoms with E-state index in [9.17, 15) is 13.2 Å². The molecule has 28 heavy (non-hydrogen) atoms. The molecule has 0 aromatic heterocycles. The van der Waals surface area contributed by atoms with Crippen LogP contribution in [0.3, 0.4) is 0 Å². The maximum absolute atomic E-state index is 13.2. The van der Waals surface area contributed by atoms with Crippen LogP contribution in [-0.4, -0.2) is 20.9 Å². The minimum atomic E-state index is -3.89. The highest BCUT2D eigenvalue weighted by Gasteiger charge is 2.25. The van der Waals surface area contributed by atoms with Gasteiger partial charge in [0.2, 0.25) is 0 Å². The third-order valence-electron chi connectivity index (χ3n) is 3.95. The molecule has 6 heteroatoms. The second kappa shape index (κ2) is 8.54. The lowest BCUT2D eigenvalue weighted by molar-refractivity contribution is 0.0734. The Bertz CT molecular complexity index is 1060. The fourth-order valence-corrected chi connectivity index (χ4v) is 4.10. The van der Waals surface area contributed by atoms with Crippen molar-refractivity contribution in [2.24, 2.45) is 0 Å². The van der Waals surface area contributed by atoms with Gasteiger partial charge in [-0.15, -0.1) is 6.58 Å². The van der Waals surface area contributed by atoms with E-state index < -0.39 is 16.0 Å². The first-order valence-electron chi connectivity index (χ1n) is 8.58. The molecule has 0 aliphatic heterocycles. The van der Waals surface area contributed by atoms with E-state index in [0.29, 0.717) is 11.4 Å². The largest absolute Gasteiger partial charge is 0.423 e. The highest BCUT2D eigenvalue weighted by atomic mass is 32.2. The van der Waals surface area contributed by atoms with E-state index in [1.54, 1.807) is 48.5 Å². The van der Waals surface area contributed by atoms with Crippen LogP contribution in [-0.2, 0) is 10.0 Å². The molecule has 0 fully saturated rings. The van der Waals surface area contributed by atoms with Gasteiger partial charge in [-0.1, -0.05) is 48.5 Å². The van der Waals surface area contributed by atoms with Crippen molar-refractivity contribution < 1.29 is 17.9 Å². The molecule has 0 spiro atoms. The summed E-state index contributed by atoms with van der Waals surface area (Å²) in [6.07, 6.45) is 1.51. The quantitative estimate of drug-likeness (QED) is 0.341. The fraction of sp³-hybridized carbons (Fsp3) is 0.0455. The van der Waals surface area contributed by atoms with Gasteiger partial charge in [0.25, 0.3) is 10.0 Å². The van der Waals surface area contributed by atoms with Gasteiger partial charge in [-0.2, -0.15) is 0 Å². The average Bonchev–Trinajstić information content (AvgIpc) is 2.73. The SMILES string of the molecule is C=CCN(c1ccccc1)S(=O)(=O)c1cccc(C(=O)Oc2ccccc2)c1. The first kappa shape index (κ1) is 19.4. The summed E-state index contributed by atoms with van der Waals surface area (Å²) >= 11 is 0. The number of hydrogen-bond donors (Lipinski definition) is 0. The number of hydrogen-bond acceptors (Lipinski definition) is 4. The molecule has 0 saturated carbocycles. The first-order valence-corrected chi connectivity index (χ1v) is 10.0. The summed E-state index contributed by atoms with van der Waals surface area (Å²) in [6.45, 7) is 3.75. The predicted octanol–water partition coefficient (Wildman–Crippen LogP) is 4.29. The van der Waals surface area contributed by atoms with E-state index in [0.717, 1.165) is 0 Å². The van der Waals surface area contributed by atoms with Crippen molar-refractivity contribution in [3.63, 3.8) is 0 Å². The molecule has 0 aliphatic carbocycles. The lowest BCUT2D eigenvalue weighted by Crippen LogP contribution is -2.31. The summed E-state index contributed by atoms with van der Waals surface area (Å²) in [5.74, 6) is -0.239. The van der Waals surface area contributed by atoms with Crippen LogP contribution in [0.5, 0.6) is 5.75 Å². The van der Waals surface area contributed by atoms with Gasteiger partial charge in [0.05, 0.1) is 22.7 Å². The number of esters is 1. The van der Waals surface area contributed by atoms with Gasteiger partial charge in [0.15, 0.2) is 0 Å². The lowest BCUT2D eigenvalue weighted by Gasteiger charge is -2.23. The zero-order valence-corrected chi connectivity index (χ0v) is 15.9. The van der Waals surface area contributed by atoms with Crippen molar-refractivity contribution in [3.8, 4) is 5.75 Å². The summed E-state index contributed by atoms with van der Waals surface area (Å²) < 4.78 is 32.9. The minimum absolute atomic E-state index is 0.000662. The molecule has 3 aromatic rings. The maximum atomic E-state index is 13.2. The normalized spacial score (nSPS) is 10.9. The van der Waals surface area contributed by atoms with Gasteiger partial charge >= 0.3 is 5.97 Å². The van der Waals surface area contributed by atoms with E-state index >= 15 is 0 Å². The number of carbonyl (C=O) groups excluding carboxylic acids is 1. The molecule has 0 bridgehead atoms. The smallest absolute Gasteiger partial charge is 0.343 e. The monoisotopic (exact) mass is 393 g/mol. The third kappa shape index (κ3) is 4.29. The van der Waals surface area contributed by atoms with Crippen LogP contribution in [0.25, 0.3) is 0 Å². The Morgan fingerprint density at radius 2 is 1.57 bits per heavy atom. The molecule has 0 radical (unpaired) electrons. The number of anilines is 1. The molecule has 0 heterocycles. The Morgan fingerprint density at radius 3 is 2.21 bits per heavy atom. The van der Waals surface area contributed by atoms with Crippen molar-refractivity contribution >= 4 is 21.7 Å². The van der Waals surface area contributed by atoms with E-state index in [4.69, 9.17) is 4.74 Å². The molecule has 3 rings (SSSR count). The number of para-hydroxylation sites is 2. The number of sulfonamides is 1. The summed E-state index contributed by atoms with van der Waals surface area (Å²) in [7, 11) is -3.89. The second-order valence-corrected chi connectivity index (χ2v) is 7.75. The maximum Gasteiger partial charge on any atom is 0.343 e. The van der Waals surface area contributed by atoms with Crippen molar-refractivity contribution in [2.75, 3.05) is 10.8 Å². The Balaban J connectivity index is 1.93. The van der Waals surface area contributed by atoms with Gasteiger partial charge in [-0.05, 0) is 42.5 Å². The van der Waals surface area contributed by atoms with Crippen LogP contribution < -0.4 is 9.04 Å². The predicted molar refractivity (Wildman–Crippen MR) is 109 cm³/mol. The van der Waals surface area contributed by atoms with Gasteiger partial charge in [0, 0.05) is 0 Å². The van der Waals surface area contributed by atoms with E-state index in [1.807, 2.05) is 12.1 Å². The molecule has 5 nitrogen and oxygen atoms in total. The van der Waals surface area contributed by atoms with Gasteiger partial charge in [-0.25, -0.2) is 13.2 Å². The molecule has 0 aliphatic rings. The van der Waals surface area contributed by atoms with Crippen molar-refractivity contribution in [3.05, 3.63) is 103 Å². The number of carbonyl (C=O) groups is 1. The molecule has 0 N–H and O–H groups in total. The zero-order chi connectivity index (χ0) is 20.0. The Hall–Kier alpha value is -3.38. The summed E-state index contributed by atoms with van der Waals surface area (Å²) in [5, 5.41) is 0. The van der Waals surface area contributed by atoms with E-state index in [-0.39, 0.29) is 17.0 Å². The Morgan fingerprint density at radius 1 is 0.929 bits per heavy atom. The summed E-state index contributed by atoms with van der Waals surface area (Å²) in [5.41, 5.74) is 0.663. The van der Waals surface area contributed by atoms with Crippen LogP contribution in [0, 0.1) is 0 Å². The van der Waals surface area contributed by atoms with Crippen LogP contribution >= 0.6 is 0 Å². The molecular formula is C22H19NO4S.